The molecule has 92 valence electrons. The second-order valence-corrected chi connectivity index (χ2v) is 7.26. The van der Waals surface area contributed by atoms with E-state index in [1.165, 1.54) is 0 Å². The third-order valence-electron chi connectivity index (χ3n) is 2.83. The standard InChI is InChI=1S/C13H17NO2S/c1-13(2,3)17(16)14-11-8-12(15)10-7-5-4-6-9(10)11/h4-7,11,14H,8H2,1-3H3/t11-,17+/m1/s1. The number of benzene rings is 1. The quantitative estimate of drug-likeness (QED) is 0.877. The van der Waals surface area contributed by atoms with Gasteiger partial charge in [0.2, 0.25) is 0 Å². The van der Waals surface area contributed by atoms with E-state index in [0.717, 1.165) is 11.1 Å². The number of carbonyl (C=O) groups is 1. The predicted molar refractivity (Wildman–Crippen MR) is 69.2 cm³/mol. The Hall–Kier alpha value is -1.00. The van der Waals surface area contributed by atoms with Crippen molar-refractivity contribution in [3.63, 3.8) is 0 Å². The van der Waals surface area contributed by atoms with Crippen LogP contribution in [0, 0.1) is 0 Å². The smallest absolute Gasteiger partial charge is 0.165 e. The number of Topliss-reactive ketones (excluding diaryl/α,β-unsaturated/α-hetero) is 1. The summed E-state index contributed by atoms with van der Waals surface area (Å²) in [6.07, 6.45) is 0.404. The Balaban J connectivity index is 2.21. The molecular weight excluding hydrogens is 234 g/mol. The molecule has 1 N–H and O–H groups in total. The van der Waals surface area contributed by atoms with E-state index < -0.39 is 11.0 Å². The summed E-state index contributed by atoms with van der Waals surface area (Å²) in [4.78, 5) is 11.8. The minimum Gasteiger partial charge on any atom is -0.294 e. The zero-order valence-corrected chi connectivity index (χ0v) is 11.1. The number of hydrogen-bond donors (Lipinski definition) is 1. The fourth-order valence-electron chi connectivity index (χ4n) is 1.87. The van der Waals surface area contributed by atoms with Crippen LogP contribution in [0.5, 0.6) is 0 Å². The van der Waals surface area contributed by atoms with Crippen LogP contribution in [0.3, 0.4) is 0 Å². The molecule has 17 heavy (non-hydrogen) atoms. The summed E-state index contributed by atoms with van der Waals surface area (Å²) in [6.45, 7) is 5.75. The third kappa shape index (κ3) is 2.48. The molecule has 0 fully saturated rings. The van der Waals surface area contributed by atoms with E-state index in [0.29, 0.717) is 6.42 Å². The van der Waals surface area contributed by atoms with Gasteiger partial charge < -0.3 is 0 Å². The SMILES string of the molecule is CC(C)(C)[S@](=O)N[C@@H]1CC(=O)c2ccccc21. The van der Waals surface area contributed by atoms with Gasteiger partial charge in [-0.15, -0.1) is 0 Å². The van der Waals surface area contributed by atoms with E-state index in [2.05, 4.69) is 4.72 Å². The molecule has 1 aliphatic carbocycles. The van der Waals surface area contributed by atoms with Gasteiger partial charge in [-0.25, -0.2) is 8.93 Å². The van der Waals surface area contributed by atoms with Crippen molar-refractivity contribution < 1.29 is 9.00 Å². The van der Waals surface area contributed by atoms with Crippen molar-refractivity contribution in [3.8, 4) is 0 Å². The molecular formula is C13H17NO2S. The van der Waals surface area contributed by atoms with Crippen LogP contribution >= 0.6 is 0 Å². The molecule has 1 aromatic rings. The van der Waals surface area contributed by atoms with Crippen LogP contribution in [-0.2, 0) is 11.0 Å². The first-order chi connectivity index (χ1) is 7.89. The van der Waals surface area contributed by atoms with E-state index in [9.17, 15) is 9.00 Å². The maximum Gasteiger partial charge on any atom is 0.165 e. The van der Waals surface area contributed by atoms with Crippen molar-refractivity contribution in [1.82, 2.24) is 4.72 Å². The maximum atomic E-state index is 12.0. The summed E-state index contributed by atoms with van der Waals surface area (Å²) in [5, 5.41) is 0. The lowest BCUT2D eigenvalue weighted by atomic mass is 10.1. The Labute approximate surface area is 104 Å². The maximum absolute atomic E-state index is 12.0. The Morgan fingerprint density at radius 1 is 1.29 bits per heavy atom. The van der Waals surface area contributed by atoms with Gasteiger partial charge >= 0.3 is 0 Å². The van der Waals surface area contributed by atoms with Gasteiger partial charge in [0.25, 0.3) is 0 Å². The first kappa shape index (κ1) is 12.5. The fraction of sp³-hybridized carbons (Fsp3) is 0.462. The van der Waals surface area contributed by atoms with Crippen LogP contribution in [0.25, 0.3) is 0 Å². The Bertz CT molecular complexity index is 477. The molecule has 0 spiro atoms. The lowest BCUT2D eigenvalue weighted by molar-refractivity contribution is 0.0988. The van der Waals surface area contributed by atoms with E-state index in [-0.39, 0.29) is 16.6 Å². The zero-order valence-electron chi connectivity index (χ0n) is 10.3. The van der Waals surface area contributed by atoms with Gasteiger partial charge in [-0.3, -0.25) is 4.79 Å². The highest BCUT2D eigenvalue weighted by atomic mass is 32.2. The van der Waals surface area contributed by atoms with Crippen molar-refractivity contribution in [3.05, 3.63) is 35.4 Å². The predicted octanol–water partition coefficient (Wildman–Crippen LogP) is 2.37. The van der Waals surface area contributed by atoms with Crippen LogP contribution in [0.2, 0.25) is 0 Å². The first-order valence-electron chi connectivity index (χ1n) is 5.70. The highest BCUT2D eigenvalue weighted by molar-refractivity contribution is 7.84. The van der Waals surface area contributed by atoms with E-state index in [4.69, 9.17) is 0 Å². The fourth-order valence-corrected chi connectivity index (χ4v) is 2.69. The molecule has 0 amide bonds. The minimum atomic E-state index is -1.15. The van der Waals surface area contributed by atoms with Crippen LogP contribution in [-0.4, -0.2) is 14.7 Å². The molecule has 0 saturated heterocycles. The number of fused-ring (bicyclic) bond motifs is 1. The van der Waals surface area contributed by atoms with Crippen molar-refractivity contribution >= 4 is 16.8 Å². The Morgan fingerprint density at radius 3 is 2.59 bits per heavy atom. The van der Waals surface area contributed by atoms with Crippen molar-refractivity contribution in [2.75, 3.05) is 0 Å². The molecule has 0 radical (unpaired) electrons. The zero-order chi connectivity index (χ0) is 12.6. The molecule has 0 unspecified atom stereocenters. The van der Waals surface area contributed by atoms with Gasteiger partial charge in [-0.05, 0) is 26.3 Å². The number of carbonyl (C=O) groups excluding carboxylic acids is 1. The summed E-state index contributed by atoms with van der Waals surface area (Å²) >= 11 is 0. The molecule has 0 heterocycles. The highest BCUT2D eigenvalue weighted by Crippen LogP contribution is 2.31. The molecule has 0 bridgehead atoms. The van der Waals surface area contributed by atoms with E-state index in [1.54, 1.807) is 0 Å². The molecule has 2 atom stereocenters. The van der Waals surface area contributed by atoms with Crippen molar-refractivity contribution in [2.45, 2.75) is 38.0 Å². The Morgan fingerprint density at radius 2 is 1.94 bits per heavy atom. The average Bonchev–Trinajstić information content (AvgIpc) is 2.56. The van der Waals surface area contributed by atoms with Gasteiger partial charge in [0.15, 0.2) is 5.78 Å². The average molecular weight is 251 g/mol. The molecule has 3 nitrogen and oxygen atoms in total. The summed E-state index contributed by atoms with van der Waals surface area (Å²) in [5.41, 5.74) is 1.73. The number of nitrogens with one attached hydrogen (secondary N) is 1. The van der Waals surface area contributed by atoms with Crippen LogP contribution < -0.4 is 4.72 Å². The molecule has 4 heteroatoms. The second-order valence-electron chi connectivity index (χ2n) is 5.27. The summed E-state index contributed by atoms with van der Waals surface area (Å²) < 4.78 is 14.8. The van der Waals surface area contributed by atoms with Crippen LogP contribution in [0.4, 0.5) is 0 Å². The Kier molecular flexibility index (Phi) is 3.19. The molecule has 0 aromatic heterocycles. The largest absolute Gasteiger partial charge is 0.294 e. The molecule has 1 aromatic carbocycles. The summed E-state index contributed by atoms with van der Waals surface area (Å²) in [6, 6.07) is 7.42. The number of ketones is 1. The normalized spacial score (nSPS) is 21.4. The number of hydrogen-bond acceptors (Lipinski definition) is 2. The van der Waals surface area contributed by atoms with Crippen LogP contribution in [0.15, 0.2) is 24.3 Å². The summed E-state index contributed by atoms with van der Waals surface area (Å²) in [7, 11) is -1.15. The lowest BCUT2D eigenvalue weighted by Gasteiger charge is -2.21. The van der Waals surface area contributed by atoms with Crippen molar-refractivity contribution in [1.29, 1.82) is 0 Å². The third-order valence-corrected chi connectivity index (χ3v) is 4.44. The molecule has 0 aliphatic heterocycles. The first-order valence-corrected chi connectivity index (χ1v) is 6.85. The molecule has 0 saturated carbocycles. The highest BCUT2D eigenvalue weighted by Gasteiger charge is 2.32. The minimum absolute atomic E-state index is 0.112. The lowest BCUT2D eigenvalue weighted by Crippen LogP contribution is -2.35. The van der Waals surface area contributed by atoms with Gasteiger partial charge in [0.1, 0.15) is 0 Å². The molecule has 2 rings (SSSR count). The van der Waals surface area contributed by atoms with Crippen molar-refractivity contribution in [2.24, 2.45) is 0 Å². The number of rotatable bonds is 2. The monoisotopic (exact) mass is 251 g/mol. The van der Waals surface area contributed by atoms with E-state index in [1.807, 2.05) is 45.0 Å². The van der Waals surface area contributed by atoms with Gasteiger partial charge in [0.05, 0.1) is 21.8 Å². The second kappa shape index (κ2) is 4.35. The van der Waals surface area contributed by atoms with Gasteiger partial charge in [-0.1, -0.05) is 24.3 Å². The van der Waals surface area contributed by atoms with Gasteiger partial charge in [-0.2, -0.15) is 0 Å². The van der Waals surface area contributed by atoms with Crippen LogP contribution in [0.1, 0.15) is 49.2 Å². The topological polar surface area (TPSA) is 46.2 Å². The summed E-state index contributed by atoms with van der Waals surface area (Å²) in [5.74, 6) is 0.129. The molecule has 1 aliphatic rings. The van der Waals surface area contributed by atoms with Gasteiger partial charge in [0, 0.05) is 12.0 Å². The van der Waals surface area contributed by atoms with E-state index >= 15 is 0 Å².